The van der Waals surface area contributed by atoms with Gasteiger partial charge in [0.1, 0.15) is 11.6 Å². The van der Waals surface area contributed by atoms with E-state index >= 15 is 0 Å². The highest BCUT2D eigenvalue weighted by molar-refractivity contribution is 5.95. The van der Waals surface area contributed by atoms with E-state index in [1.807, 2.05) is 35.2 Å². The van der Waals surface area contributed by atoms with Crippen LogP contribution in [0.1, 0.15) is 57.9 Å². The molecule has 5 rings (SSSR count). The van der Waals surface area contributed by atoms with Gasteiger partial charge in [-0.2, -0.15) is 0 Å². The van der Waals surface area contributed by atoms with Crippen LogP contribution in [-0.4, -0.2) is 57.8 Å². The van der Waals surface area contributed by atoms with Crippen molar-refractivity contribution >= 4 is 17.7 Å². The van der Waals surface area contributed by atoms with Crippen molar-refractivity contribution in [3.63, 3.8) is 0 Å². The number of nitrogens with one attached hydrogen (secondary N) is 1. The zero-order valence-electron chi connectivity index (χ0n) is 22.8. The van der Waals surface area contributed by atoms with E-state index in [4.69, 9.17) is 0 Å². The third kappa shape index (κ3) is 5.86. The summed E-state index contributed by atoms with van der Waals surface area (Å²) in [6, 6.07) is 18.0. The molecule has 0 unspecified atom stereocenters. The lowest BCUT2D eigenvalue weighted by atomic mass is 10.00. The van der Waals surface area contributed by atoms with Crippen molar-refractivity contribution < 1.29 is 23.9 Å². The van der Waals surface area contributed by atoms with Crippen LogP contribution in [0.15, 0.2) is 66.7 Å². The smallest absolute Gasteiger partial charge is 0.254 e. The first-order valence-electron chi connectivity index (χ1n) is 13.6. The zero-order valence-corrected chi connectivity index (χ0v) is 22.8. The molecule has 2 N–H and O–H groups in total. The Morgan fingerprint density at radius 1 is 0.975 bits per heavy atom. The number of phenols is 1. The largest absolute Gasteiger partial charge is 0.507 e. The van der Waals surface area contributed by atoms with Gasteiger partial charge in [0, 0.05) is 25.2 Å². The van der Waals surface area contributed by atoms with E-state index < -0.39 is 17.4 Å². The van der Waals surface area contributed by atoms with Gasteiger partial charge in [-0.05, 0) is 73.2 Å². The lowest BCUT2D eigenvalue weighted by Crippen LogP contribution is -2.58. The number of aryl methyl sites for hydroxylation is 2. The van der Waals surface area contributed by atoms with Crippen LogP contribution in [0.25, 0.3) is 0 Å². The van der Waals surface area contributed by atoms with Crippen LogP contribution in [0.4, 0.5) is 4.39 Å². The Kier molecular flexibility index (Phi) is 7.61. The highest BCUT2D eigenvalue weighted by Crippen LogP contribution is 2.45. The monoisotopic (exact) mass is 543 g/mol. The second kappa shape index (κ2) is 11.1. The van der Waals surface area contributed by atoms with Gasteiger partial charge in [0.2, 0.25) is 11.8 Å². The summed E-state index contributed by atoms with van der Waals surface area (Å²) >= 11 is 0. The van der Waals surface area contributed by atoms with Crippen molar-refractivity contribution in [3.05, 3.63) is 100 Å². The van der Waals surface area contributed by atoms with Gasteiger partial charge in [-0.25, -0.2) is 4.39 Å². The Morgan fingerprint density at radius 3 is 2.33 bits per heavy atom. The van der Waals surface area contributed by atoms with Crippen molar-refractivity contribution in [2.24, 2.45) is 0 Å². The Morgan fingerprint density at radius 2 is 1.68 bits per heavy atom. The maximum absolute atomic E-state index is 14.1. The number of hydrogen-bond donors (Lipinski definition) is 2. The van der Waals surface area contributed by atoms with Gasteiger partial charge in [-0.3, -0.25) is 14.4 Å². The number of hydrogen-bond acceptors (Lipinski definition) is 4. The third-order valence-electron chi connectivity index (χ3n) is 7.98. The molecule has 2 aliphatic rings. The highest BCUT2D eigenvalue weighted by Gasteiger charge is 2.54. The molecular formula is C32H34FN3O4. The first kappa shape index (κ1) is 27.4. The van der Waals surface area contributed by atoms with Crippen LogP contribution in [-0.2, 0) is 16.0 Å². The van der Waals surface area contributed by atoms with Gasteiger partial charge >= 0.3 is 0 Å². The molecule has 7 nitrogen and oxygen atoms in total. The molecule has 208 valence electrons. The van der Waals surface area contributed by atoms with Crippen molar-refractivity contribution in [1.82, 2.24) is 15.1 Å². The fourth-order valence-electron chi connectivity index (χ4n) is 5.66. The Labute approximate surface area is 233 Å². The van der Waals surface area contributed by atoms with Crippen LogP contribution in [0, 0.1) is 19.7 Å². The quantitative estimate of drug-likeness (QED) is 0.461. The van der Waals surface area contributed by atoms with E-state index in [1.54, 1.807) is 43.0 Å². The fraction of sp³-hybridized carbons (Fsp3) is 0.344. The molecule has 1 atom stereocenters. The van der Waals surface area contributed by atoms with Crippen molar-refractivity contribution in [2.45, 2.75) is 51.1 Å². The van der Waals surface area contributed by atoms with Crippen LogP contribution >= 0.6 is 0 Å². The number of aromatic hydroxyl groups is 1. The van der Waals surface area contributed by atoms with E-state index in [0.717, 1.165) is 18.4 Å². The molecule has 3 aromatic carbocycles. The second-order valence-corrected chi connectivity index (χ2v) is 11.0. The molecular weight excluding hydrogens is 509 g/mol. The Hall–Kier alpha value is -4.20. The summed E-state index contributed by atoms with van der Waals surface area (Å²) in [5, 5.41) is 13.0. The van der Waals surface area contributed by atoms with Crippen molar-refractivity contribution in [2.75, 3.05) is 19.6 Å². The lowest BCUT2D eigenvalue weighted by molar-refractivity contribution is -0.137. The summed E-state index contributed by atoms with van der Waals surface area (Å²) in [6.45, 7) is 4.74. The number of phenolic OH excluding ortho intramolecular Hbond substituents is 1. The first-order valence-corrected chi connectivity index (χ1v) is 13.6. The lowest BCUT2D eigenvalue weighted by Gasteiger charge is -2.42. The van der Waals surface area contributed by atoms with Gasteiger partial charge in [-0.15, -0.1) is 0 Å². The number of carbonyl (C=O) groups is 3. The normalized spacial score (nSPS) is 16.5. The number of rotatable bonds is 7. The molecule has 8 heteroatoms. The van der Waals surface area contributed by atoms with Crippen LogP contribution < -0.4 is 5.32 Å². The van der Waals surface area contributed by atoms with Gasteiger partial charge in [0.05, 0.1) is 24.4 Å². The first-order chi connectivity index (χ1) is 19.1. The molecule has 1 saturated heterocycles. The maximum Gasteiger partial charge on any atom is 0.254 e. The molecule has 1 saturated carbocycles. The number of halogens is 1. The number of benzene rings is 3. The highest BCUT2D eigenvalue weighted by atomic mass is 19.1. The Balaban J connectivity index is 1.29. The standard InChI is InChI=1S/C32H34FN3O4/c1-21-15-25(16-22(2)30(21)39)31(40)35-13-14-36(32(20-35)11-12-32)29(38)19-27(24-9-6-10-26(33)18-24)34-28(37)17-23-7-4-3-5-8-23/h3-10,15-16,18,27,39H,11-14,17,19-20H2,1-2H3,(H,34,37)/t27-/m0/s1. The summed E-state index contributed by atoms with van der Waals surface area (Å²) in [5.41, 5.74) is 2.78. The minimum absolute atomic E-state index is 0.00394. The molecule has 1 heterocycles. The Bertz CT molecular complexity index is 1410. The average molecular weight is 544 g/mol. The zero-order chi connectivity index (χ0) is 28.4. The molecule has 1 aliphatic carbocycles. The van der Waals surface area contributed by atoms with E-state index in [0.29, 0.717) is 41.9 Å². The summed E-state index contributed by atoms with van der Waals surface area (Å²) in [4.78, 5) is 43.6. The van der Waals surface area contributed by atoms with Gasteiger partial charge in [0.15, 0.2) is 0 Å². The molecule has 1 spiro atoms. The summed E-state index contributed by atoms with van der Waals surface area (Å²) < 4.78 is 14.1. The second-order valence-electron chi connectivity index (χ2n) is 11.0. The molecule has 0 aromatic heterocycles. The fourth-order valence-corrected chi connectivity index (χ4v) is 5.66. The van der Waals surface area contributed by atoms with E-state index in [9.17, 15) is 23.9 Å². The molecule has 1 aliphatic heterocycles. The van der Waals surface area contributed by atoms with Gasteiger partial charge in [-0.1, -0.05) is 42.5 Å². The van der Waals surface area contributed by atoms with Crippen LogP contribution in [0.3, 0.4) is 0 Å². The average Bonchev–Trinajstić information content (AvgIpc) is 3.69. The topological polar surface area (TPSA) is 90.0 Å². The van der Waals surface area contributed by atoms with Crippen molar-refractivity contribution in [3.8, 4) is 5.75 Å². The van der Waals surface area contributed by atoms with Crippen molar-refractivity contribution in [1.29, 1.82) is 0 Å². The van der Waals surface area contributed by atoms with Gasteiger partial charge < -0.3 is 20.2 Å². The molecule has 40 heavy (non-hydrogen) atoms. The summed E-state index contributed by atoms with van der Waals surface area (Å²) in [7, 11) is 0. The van der Waals surface area contributed by atoms with Gasteiger partial charge in [0.25, 0.3) is 5.91 Å². The van der Waals surface area contributed by atoms with Crippen LogP contribution in [0.2, 0.25) is 0 Å². The van der Waals surface area contributed by atoms with Crippen LogP contribution in [0.5, 0.6) is 5.75 Å². The molecule has 2 fully saturated rings. The van der Waals surface area contributed by atoms with E-state index in [-0.39, 0.29) is 36.3 Å². The minimum atomic E-state index is -0.683. The predicted molar refractivity (Wildman–Crippen MR) is 149 cm³/mol. The number of carbonyl (C=O) groups excluding carboxylic acids is 3. The molecule has 0 radical (unpaired) electrons. The molecule has 3 amide bonds. The van der Waals surface area contributed by atoms with E-state index in [2.05, 4.69) is 5.32 Å². The predicted octanol–water partition coefficient (Wildman–Crippen LogP) is 4.46. The molecule has 3 aromatic rings. The number of nitrogens with zero attached hydrogens (tertiary/aromatic N) is 2. The minimum Gasteiger partial charge on any atom is -0.507 e. The number of piperazine rings is 1. The van der Waals surface area contributed by atoms with E-state index in [1.165, 1.54) is 12.1 Å². The molecule has 0 bridgehead atoms. The summed E-state index contributed by atoms with van der Waals surface area (Å²) in [6.07, 6.45) is 1.74. The summed E-state index contributed by atoms with van der Waals surface area (Å²) in [5.74, 6) is -0.734. The number of amides is 3. The third-order valence-corrected chi connectivity index (χ3v) is 7.98. The SMILES string of the molecule is Cc1cc(C(=O)N2CCN(C(=O)C[C@H](NC(=O)Cc3ccccc3)c3cccc(F)c3)C3(CC3)C2)cc(C)c1O. The maximum atomic E-state index is 14.1.